The standard InChI is InChI=1S/C12H10N4O5/c17-10-4-5-12(19)15(14-10)7-11(18)13-8-2-1-3-9(6-8)16(20)21/h1-6H,7H2,(H,13,18)(H,14,17). The predicted molar refractivity (Wildman–Crippen MR) is 73.0 cm³/mol. The Labute approximate surface area is 117 Å². The van der Waals surface area contributed by atoms with Gasteiger partial charge in [0.05, 0.1) is 4.92 Å². The fraction of sp³-hybridized carbons (Fsp3) is 0.0833. The molecule has 0 aliphatic carbocycles. The van der Waals surface area contributed by atoms with Crippen LogP contribution >= 0.6 is 0 Å². The van der Waals surface area contributed by atoms with Gasteiger partial charge in [0.2, 0.25) is 5.91 Å². The van der Waals surface area contributed by atoms with E-state index in [2.05, 4.69) is 10.4 Å². The summed E-state index contributed by atoms with van der Waals surface area (Å²) in [6.45, 7) is -0.405. The molecule has 0 atom stereocenters. The molecule has 0 aliphatic heterocycles. The first-order valence-electron chi connectivity index (χ1n) is 5.80. The van der Waals surface area contributed by atoms with Gasteiger partial charge in [-0.15, -0.1) is 0 Å². The van der Waals surface area contributed by atoms with E-state index in [1.54, 1.807) is 0 Å². The Bertz CT molecular complexity index is 808. The van der Waals surface area contributed by atoms with Gasteiger partial charge in [-0.05, 0) is 6.07 Å². The summed E-state index contributed by atoms with van der Waals surface area (Å²) in [5.41, 5.74) is -1.000. The highest BCUT2D eigenvalue weighted by atomic mass is 16.6. The number of amides is 1. The lowest BCUT2D eigenvalue weighted by Crippen LogP contribution is -2.32. The average molecular weight is 290 g/mol. The largest absolute Gasteiger partial charge is 0.324 e. The second kappa shape index (κ2) is 5.82. The zero-order valence-electron chi connectivity index (χ0n) is 10.6. The van der Waals surface area contributed by atoms with Gasteiger partial charge in [0.1, 0.15) is 6.54 Å². The minimum atomic E-state index is -0.598. The molecule has 0 bridgehead atoms. The van der Waals surface area contributed by atoms with Crippen LogP contribution in [0.2, 0.25) is 0 Å². The molecule has 2 N–H and O–H groups in total. The fourth-order valence-corrected chi connectivity index (χ4v) is 1.62. The lowest BCUT2D eigenvalue weighted by atomic mass is 10.3. The molecule has 2 rings (SSSR count). The molecule has 21 heavy (non-hydrogen) atoms. The Hall–Kier alpha value is -3.23. The number of aromatic nitrogens is 2. The van der Waals surface area contributed by atoms with Gasteiger partial charge in [-0.3, -0.25) is 29.6 Å². The summed E-state index contributed by atoms with van der Waals surface area (Å²) in [5.74, 6) is -0.598. The molecule has 0 saturated carbocycles. The highest BCUT2D eigenvalue weighted by Gasteiger charge is 2.09. The molecule has 1 amide bonds. The van der Waals surface area contributed by atoms with Crippen LogP contribution in [0, 0.1) is 10.1 Å². The Kier molecular flexibility index (Phi) is 3.93. The number of rotatable bonds is 4. The number of H-pyrrole nitrogens is 1. The number of hydrogen-bond donors (Lipinski definition) is 2. The van der Waals surface area contributed by atoms with Crippen molar-refractivity contribution >= 4 is 17.3 Å². The van der Waals surface area contributed by atoms with E-state index >= 15 is 0 Å². The minimum absolute atomic E-state index is 0.168. The smallest absolute Gasteiger partial charge is 0.271 e. The van der Waals surface area contributed by atoms with Crippen LogP contribution in [0.3, 0.4) is 0 Å². The van der Waals surface area contributed by atoms with E-state index < -0.39 is 28.5 Å². The van der Waals surface area contributed by atoms with Crippen LogP contribution in [-0.4, -0.2) is 20.6 Å². The van der Waals surface area contributed by atoms with Crippen molar-refractivity contribution in [3.63, 3.8) is 0 Å². The molecule has 0 spiro atoms. The van der Waals surface area contributed by atoms with Crippen LogP contribution in [0.4, 0.5) is 11.4 Å². The Balaban J connectivity index is 2.13. The maximum Gasteiger partial charge on any atom is 0.271 e. The number of anilines is 1. The van der Waals surface area contributed by atoms with Crippen molar-refractivity contribution < 1.29 is 9.72 Å². The molecule has 9 nitrogen and oxygen atoms in total. The number of non-ortho nitro benzene ring substituents is 1. The molecule has 2 aromatic rings. The second-order valence-corrected chi connectivity index (χ2v) is 4.09. The van der Waals surface area contributed by atoms with Gasteiger partial charge < -0.3 is 5.32 Å². The fourth-order valence-electron chi connectivity index (χ4n) is 1.62. The number of aromatic amines is 1. The lowest BCUT2D eigenvalue weighted by molar-refractivity contribution is -0.384. The minimum Gasteiger partial charge on any atom is -0.324 e. The number of hydrogen-bond acceptors (Lipinski definition) is 5. The third-order valence-corrected chi connectivity index (χ3v) is 2.53. The van der Waals surface area contributed by atoms with E-state index in [4.69, 9.17) is 0 Å². The summed E-state index contributed by atoms with van der Waals surface area (Å²) in [4.78, 5) is 44.3. The van der Waals surface area contributed by atoms with E-state index in [0.29, 0.717) is 0 Å². The van der Waals surface area contributed by atoms with Crippen molar-refractivity contribution in [3.05, 3.63) is 67.2 Å². The normalized spacial score (nSPS) is 10.1. The zero-order valence-corrected chi connectivity index (χ0v) is 10.6. The molecule has 0 saturated heterocycles. The number of nitrogens with zero attached hydrogens (tertiary/aromatic N) is 2. The van der Waals surface area contributed by atoms with Crippen molar-refractivity contribution in [2.45, 2.75) is 6.54 Å². The van der Waals surface area contributed by atoms with Gasteiger partial charge in [-0.25, -0.2) is 4.68 Å². The molecule has 1 aromatic heterocycles. The molecule has 0 radical (unpaired) electrons. The summed E-state index contributed by atoms with van der Waals surface area (Å²) in [5, 5.41) is 15.2. The zero-order chi connectivity index (χ0) is 15.4. The topological polar surface area (TPSA) is 127 Å². The lowest BCUT2D eigenvalue weighted by Gasteiger charge is -2.06. The summed E-state index contributed by atoms with van der Waals surface area (Å²) in [6, 6.07) is 7.46. The number of carbonyl (C=O) groups excluding carboxylic acids is 1. The third kappa shape index (κ3) is 3.62. The Morgan fingerprint density at radius 1 is 1.29 bits per heavy atom. The van der Waals surface area contributed by atoms with Crippen LogP contribution < -0.4 is 16.4 Å². The summed E-state index contributed by atoms with van der Waals surface area (Å²) in [6.07, 6.45) is 0. The molecule has 0 unspecified atom stereocenters. The quantitative estimate of drug-likeness (QED) is 0.609. The van der Waals surface area contributed by atoms with Crippen molar-refractivity contribution in [2.24, 2.45) is 0 Å². The van der Waals surface area contributed by atoms with Gasteiger partial charge in [0.15, 0.2) is 0 Å². The van der Waals surface area contributed by atoms with Gasteiger partial charge in [-0.1, -0.05) is 6.07 Å². The first-order chi connectivity index (χ1) is 9.95. The monoisotopic (exact) mass is 290 g/mol. The Morgan fingerprint density at radius 2 is 2.05 bits per heavy atom. The maximum absolute atomic E-state index is 11.8. The first-order valence-corrected chi connectivity index (χ1v) is 5.80. The van der Waals surface area contributed by atoms with Gasteiger partial charge in [0.25, 0.3) is 16.8 Å². The number of benzene rings is 1. The molecule has 1 heterocycles. The number of carbonyl (C=O) groups is 1. The molecule has 0 aliphatic rings. The van der Waals surface area contributed by atoms with Crippen LogP contribution in [0.5, 0.6) is 0 Å². The van der Waals surface area contributed by atoms with Crippen LogP contribution in [0.15, 0.2) is 46.0 Å². The summed E-state index contributed by atoms with van der Waals surface area (Å²) in [7, 11) is 0. The predicted octanol–water partition coefficient (Wildman–Crippen LogP) is 0.0835. The molecule has 9 heteroatoms. The van der Waals surface area contributed by atoms with Crippen molar-refractivity contribution in [1.82, 2.24) is 9.78 Å². The average Bonchev–Trinajstić information content (AvgIpc) is 2.43. The van der Waals surface area contributed by atoms with Gasteiger partial charge in [-0.2, -0.15) is 0 Å². The van der Waals surface area contributed by atoms with Crippen molar-refractivity contribution in [3.8, 4) is 0 Å². The van der Waals surface area contributed by atoms with E-state index in [9.17, 15) is 24.5 Å². The van der Waals surface area contributed by atoms with Crippen LogP contribution in [0.1, 0.15) is 0 Å². The molecular formula is C12H10N4O5. The SMILES string of the molecule is O=C(Cn1[nH]c(=O)ccc1=O)Nc1cccc([N+](=O)[O-])c1. The van der Waals surface area contributed by atoms with Crippen LogP contribution in [0.25, 0.3) is 0 Å². The molecule has 0 fully saturated rings. The van der Waals surface area contributed by atoms with E-state index in [-0.39, 0.29) is 11.4 Å². The van der Waals surface area contributed by atoms with E-state index in [0.717, 1.165) is 16.8 Å². The third-order valence-electron chi connectivity index (χ3n) is 2.53. The van der Waals surface area contributed by atoms with Crippen molar-refractivity contribution in [1.29, 1.82) is 0 Å². The van der Waals surface area contributed by atoms with E-state index in [1.807, 2.05) is 0 Å². The molecule has 108 valence electrons. The maximum atomic E-state index is 11.8. The molecular weight excluding hydrogens is 280 g/mol. The summed E-state index contributed by atoms with van der Waals surface area (Å²) < 4.78 is 0.842. The second-order valence-electron chi connectivity index (χ2n) is 4.09. The number of nitro benzene ring substituents is 1. The van der Waals surface area contributed by atoms with Gasteiger partial charge in [0, 0.05) is 30.0 Å². The summed E-state index contributed by atoms with van der Waals surface area (Å²) >= 11 is 0. The first kappa shape index (κ1) is 14.2. The van der Waals surface area contributed by atoms with E-state index in [1.165, 1.54) is 24.3 Å². The van der Waals surface area contributed by atoms with Crippen molar-refractivity contribution in [2.75, 3.05) is 5.32 Å². The highest BCUT2D eigenvalue weighted by molar-refractivity contribution is 5.90. The van der Waals surface area contributed by atoms with Gasteiger partial charge >= 0.3 is 0 Å². The van der Waals surface area contributed by atoms with Crippen LogP contribution in [-0.2, 0) is 11.3 Å². The number of nitrogens with one attached hydrogen (secondary N) is 2. The number of nitro groups is 1. The molecule has 1 aromatic carbocycles. The highest BCUT2D eigenvalue weighted by Crippen LogP contribution is 2.16. The Morgan fingerprint density at radius 3 is 2.76 bits per heavy atom.